The Morgan fingerprint density at radius 2 is 2.21 bits per heavy atom. The van der Waals surface area contributed by atoms with Crippen molar-refractivity contribution in [2.45, 2.75) is 13.3 Å². The van der Waals surface area contributed by atoms with Gasteiger partial charge in [0, 0.05) is 6.42 Å². The van der Waals surface area contributed by atoms with Gasteiger partial charge in [-0.2, -0.15) is 0 Å². The first kappa shape index (κ1) is 11.1. The molecule has 1 aromatic rings. The van der Waals surface area contributed by atoms with Crippen LogP contribution >= 0.6 is 15.9 Å². The number of allylic oxidation sites excluding steroid dienone is 1. The van der Waals surface area contributed by atoms with Crippen molar-refractivity contribution in [1.29, 1.82) is 0 Å². The van der Waals surface area contributed by atoms with Gasteiger partial charge < -0.3 is 0 Å². The molecular formula is C11H10BrFO. The van der Waals surface area contributed by atoms with Crippen molar-refractivity contribution in [3.8, 4) is 0 Å². The third-order valence-electron chi connectivity index (χ3n) is 1.71. The van der Waals surface area contributed by atoms with Gasteiger partial charge in [0.15, 0.2) is 5.78 Å². The lowest BCUT2D eigenvalue weighted by Crippen LogP contribution is -2.02. The molecule has 0 aliphatic rings. The van der Waals surface area contributed by atoms with Gasteiger partial charge in [0.25, 0.3) is 0 Å². The molecule has 0 aliphatic heterocycles. The molecule has 1 aromatic carbocycles. The number of hydrogen-bond donors (Lipinski definition) is 0. The maximum Gasteiger partial charge on any atom is 0.169 e. The predicted octanol–water partition coefficient (Wildman–Crippen LogP) is 3.74. The fraction of sp³-hybridized carbons (Fsp3) is 0.182. The van der Waals surface area contributed by atoms with E-state index >= 15 is 0 Å². The first-order valence-electron chi connectivity index (χ1n) is 4.14. The molecule has 0 aliphatic carbocycles. The van der Waals surface area contributed by atoms with Crippen LogP contribution in [0, 0.1) is 5.82 Å². The Bertz CT molecular complexity index is 385. The van der Waals surface area contributed by atoms with Crippen LogP contribution in [0.2, 0.25) is 0 Å². The van der Waals surface area contributed by atoms with E-state index in [0.717, 1.165) is 5.57 Å². The van der Waals surface area contributed by atoms with Crippen molar-refractivity contribution in [3.05, 3.63) is 46.2 Å². The zero-order chi connectivity index (χ0) is 10.7. The molecule has 0 aromatic heterocycles. The zero-order valence-corrected chi connectivity index (χ0v) is 9.40. The molecule has 3 heteroatoms. The molecule has 0 spiro atoms. The molecule has 0 amide bonds. The Morgan fingerprint density at radius 3 is 2.79 bits per heavy atom. The summed E-state index contributed by atoms with van der Waals surface area (Å²) in [6.45, 7) is 5.36. The number of rotatable bonds is 3. The summed E-state index contributed by atoms with van der Waals surface area (Å²) in [4.78, 5) is 11.5. The summed E-state index contributed by atoms with van der Waals surface area (Å²) in [5.41, 5.74) is 0.844. The normalized spacial score (nSPS) is 9.93. The molecular weight excluding hydrogens is 247 g/mol. The van der Waals surface area contributed by atoms with Gasteiger partial charge in [-0.1, -0.05) is 18.2 Å². The van der Waals surface area contributed by atoms with Gasteiger partial charge in [-0.15, -0.1) is 0 Å². The molecule has 0 unspecified atom stereocenters. The topological polar surface area (TPSA) is 17.1 Å². The summed E-state index contributed by atoms with van der Waals surface area (Å²) in [6, 6.07) is 4.68. The summed E-state index contributed by atoms with van der Waals surface area (Å²) in [7, 11) is 0. The highest BCUT2D eigenvalue weighted by Crippen LogP contribution is 2.20. The van der Waals surface area contributed by atoms with E-state index in [1.807, 2.05) is 0 Å². The van der Waals surface area contributed by atoms with E-state index < -0.39 is 5.82 Å². The van der Waals surface area contributed by atoms with Gasteiger partial charge in [-0.25, -0.2) is 4.39 Å². The monoisotopic (exact) mass is 256 g/mol. The lowest BCUT2D eigenvalue weighted by Gasteiger charge is -2.03. The minimum atomic E-state index is -0.501. The first-order valence-corrected chi connectivity index (χ1v) is 4.93. The fourth-order valence-electron chi connectivity index (χ4n) is 1.09. The third-order valence-corrected chi connectivity index (χ3v) is 2.33. The van der Waals surface area contributed by atoms with Crippen LogP contribution in [0.4, 0.5) is 4.39 Å². The average Bonchev–Trinajstić information content (AvgIpc) is 2.08. The van der Waals surface area contributed by atoms with Crippen molar-refractivity contribution in [2.24, 2.45) is 0 Å². The van der Waals surface area contributed by atoms with Gasteiger partial charge in [0.1, 0.15) is 5.82 Å². The van der Waals surface area contributed by atoms with Crippen LogP contribution in [0.3, 0.4) is 0 Å². The molecule has 1 nitrogen and oxygen atoms in total. The Balaban J connectivity index is 3.01. The molecule has 0 bridgehead atoms. The fourth-order valence-corrected chi connectivity index (χ4v) is 1.45. The second-order valence-electron chi connectivity index (χ2n) is 3.16. The lowest BCUT2D eigenvalue weighted by molar-refractivity contribution is 0.0989. The highest BCUT2D eigenvalue weighted by atomic mass is 79.9. The van der Waals surface area contributed by atoms with Crippen LogP contribution in [-0.2, 0) is 0 Å². The largest absolute Gasteiger partial charge is 0.294 e. The van der Waals surface area contributed by atoms with E-state index in [4.69, 9.17) is 0 Å². The molecule has 1 rings (SSSR count). The first-order chi connectivity index (χ1) is 6.52. The predicted molar refractivity (Wildman–Crippen MR) is 57.9 cm³/mol. The van der Waals surface area contributed by atoms with E-state index in [1.165, 1.54) is 6.07 Å². The van der Waals surface area contributed by atoms with E-state index in [0.29, 0.717) is 4.47 Å². The standard InChI is InChI=1S/C11H10BrFO/c1-7(2)6-10(14)8-4-3-5-9(12)11(8)13/h3-5H,1,6H2,2H3. The summed E-state index contributed by atoms with van der Waals surface area (Å²) >= 11 is 3.03. The molecule has 0 heterocycles. The molecule has 0 saturated heterocycles. The van der Waals surface area contributed by atoms with Gasteiger partial charge in [-0.3, -0.25) is 4.79 Å². The molecule has 0 saturated carbocycles. The number of benzene rings is 1. The highest BCUT2D eigenvalue weighted by Gasteiger charge is 2.13. The molecule has 0 radical (unpaired) electrons. The Kier molecular flexibility index (Phi) is 3.58. The Morgan fingerprint density at radius 1 is 1.57 bits per heavy atom. The van der Waals surface area contributed by atoms with Crippen LogP contribution in [0.5, 0.6) is 0 Å². The van der Waals surface area contributed by atoms with E-state index in [2.05, 4.69) is 22.5 Å². The minimum Gasteiger partial charge on any atom is -0.294 e. The van der Waals surface area contributed by atoms with E-state index in [-0.39, 0.29) is 17.8 Å². The zero-order valence-electron chi connectivity index (χ0n) is 7.81. The highest BCUT2D eigenvalue weighted by molar-refractivity contribution is 9.10. The van der Waals surface area contributed by atoms with Crippen molar-refractivity contribution in [2.75, 3.05) is 0 Å². The summed E-state index contributed by atoms with van der Waals surface area (Å²) in [6.07, 6.45) is 0.188. The summed E-state index contributed by atoms with van der Waals surface area (Å²) < 4.78 is 13.7. The van der Waals surface area contributed by atoms with Gasteiger partial charge in [0.2, 0.25) is 0 Å². The number of carbonyl (C=O) groups is 1. The van der Waals surface area contributed by atoms with Crippen molar-refractivity contribution in [1.82, 2.24) is 0 Å². The van der Waals surface area contributed by atoms with Crippen LogP contribution in [0.25, 0.3) is 0 Å². The van der Waals surface area contributed by atoms with Gasteiger partial charge in [-0.05, 0) is 35.0 Å². The molecule has 0 N–H and O–H groups in total. The summed E-state index contributed by atoms with van der Waals surface area (Å²) in [5.74, 6) is -0.741. The molecule has 0 atom stereocenters. The second kappa shape index (κ2) is 4.51. The number of halogens is 2. The number of ketones is 1. The average molecular weight is 257 g/mol. The van der Waals surface area contributed by atoms with Crippen LogP contribution < -0.4 is 0 Å². The Labute approximate surface area is 90.8 Å². The SMILES string of the molecule is C=C(C)CC(=O)c1cccc(Br)c1F. The Hall–Kier alpha value is -0.960. The van der Waals surface area contributed by atoms with Crippen molar-refractivity contribution < 1.29 is 9.18 Å². The molecule has 74 valence electrons. The van der Waals surface area contributed by atoms with Crippen LogP contribution in [0.15, 0.2) is 34.8 Å². The van der Waals surface area contributed by atoms with Gasteiger partial charge >= 0.3 is 0 Å². The van der Waals surface area contributed by atoms with E-state index in [9.17, 15) is 9.18 Å². The van der Waals surface area contributed by atoms with Gasteiger partial charge in [0.05, 0.1) is 10.0 Å². The maximum absolute atomic E-state index is 13.4. The minimum absolute atomic E-state index is 0.113. The summed E-state index contributed by atoms with van der Waals surface area (Å²) in [5, 5.41) is 0. The van der Waals surface area contributed by atoms with Crippen molar-refractivity contribution >= 4 is 21.7 Å². The number of Topliss-reactive ketones (excluding diaryl/α,β-unsaturated/α-hetero) is 1. The molecule has 14 heavy (non-hydrogen) atoms. The molecule has 0 fully saturated rings. The van der Waals surface area contributed by atoms with Crippen LogP contribution in [-0.4, -0.2) is 5.78 Å². The lowest BCUT2D eigenvalue weighted by atomic mass is 10.0. The smallest absolute Gasteiger partial charge is 0.169 e. The maximum atomic E-state index is 13.4. The number of hydrogen-bond acceptors (Lipinski definition) is 1. The third kappa shape index (κ3) is 2.51. The number of carbonyl (C=O) groups excluding carboxylic acids is 1. The van der Waals surface area contributed by atoms with Crippen molar-refractivity contribution in [3.63, 3.8) is 0 Å². The quantitative estimate of drug-likeness (QED) is 0.595. The second-order valence-corrected chi connectivity index (χ2v) is 4.01. The van der Waals surface area contributed by atoms with Crippen LogP contribution in [0.1, 0.15) is 23.7 Å². The van der Waals surface area contributed by atoms with E-state index in [1.54, 1.807) is 19.1 Å².